The van der Waals surface area contributed by atoms with Crippen LogP contribution in [0.1, 0.15) is 26.7 Å². The van der Waals surface area contributed by atoms with E-state index in [4.69, 9.17) is 4.74 Å². The molecule has 0 bridgehead atoms. The summed E-state index contributed by atoms with van der Waals surface area (Å²) in [6, 6.07) is 0. The predicted molar refractivity (Wildman–Crippen MR) is 44.0 cm³/mol. The smallest absolute Gasteiger partial charge is 0.107 e. The Hall–Kier alpha value is -0.0800. The lowest BCUT2D eigenvalue weighted by Crippen LogP contribution is -2.27. The minimum absolute atomic E-state index is 0.256. The van der Waals surface area contributed by atoms with Crippen molar-refractivity contribution in [3.63, 3.8) is 0 Å². The molecule has 0 aromatic heterocycles. The maximum atomic E-state index is 5.47. The van der Waals surface area contributed by atoms with Crippen LogP contribution >= 0.6 is 0 Å². The molecule has 2 heteroatoms. The van der Waals surface area contributed by atoms with Crippen molar-refractivity contribution in [2.24, 2.45) is 0 Å². The lowest BCUT2D eigenvalue weighted by molar-refractivity contribution is -0.0236. The first kappa shape index (κ1) is 9.92. The number of nitrogens with zero attached hydrogens (tertiary/aromatic N) is 1. The van der Waals surface area contributed by atoms with Crippen LogP contribution in [0.4, 0.5) is 0 Å². The minimum atomic E-state index is 0.256. The molecule has 1 unspecified atom stereocenters. The third-order valence-corrected chi connectivity index (χ3v) is 1.58. The van der Waals surface area contributed by atoms with E-state index in [9.17, 15) is 0 Å². The van der Waals surface area contributed by atoms with Gasteiger partial charge < -0.3 is 4.74 Å². The topological polar surface area (TPSA) is 12.5 Å². The van der Waals surface area contributed by atoms with E-state index in [1.807, 2.05) is 14.1 Å². The molecule has 0 heterocycles. The van der Waals surface area contributed by atoms with Crippen LogP contribution in [0.25, 0.3) is 0 Å². The first-order chi connectivity index (χ1) is 4.68. The van der Waals surface area contributed by atoms with Crippen molar-refractivity contribution in [2.45, 2.75) is 32.9 Å². The van der Waals surface area contributed by atoms with E-state index in [1.54, 1.807) is 0 Å². The molecular formula is C8H19NO. The second kappa shape index (κ2) is 5.69. The molecule has 62 valence electrons. The Kier molecular flexibility index (Phi) is 5.64. The summed E-state index contributed by atoms with van der Waals surface area (Å²) in [6.07, 6.45) is 2.63. The monoisotopic (exact) mass is 145 g/mol. The van der Waals surface area contributed by atoms with Crippen LogP contribution in [0.3, 0.4) is 0 Å². The molecule has 1 atom stereocenters. The summed E-state index contributed by atoms with van der Waals surface area (Å²) in [6.45, 7) is 5.12. The van der Waals surface area contributed by atoms with Crippen LogP contribution in [0.2, 0.25) is 0 Å². The highest BCUT2D eigenvalue weighted by Gasteiger charge is 2.01. The van der Waals surface area contributed by atoms with Crippen molar-refractivity contribution in [3.8, 4) is 0 Å². The summed E-state index contributed by atoms with van der Waals surface area (Å²) in [5.41, 5.74) is 0. The molecule has 0 radical (unpaired) electrons. The van der Waals surface area contributed by atoms with Crippen molar-refractivity contribution in [1.82, 2.24) is 4.90 Å². The normalized spacial score (nSPS) is 14.1. The fourth-order valence-electron chi connectivity index (χ4n) is 0.547. The van der Waals surface area contributed by atoms with Gasteiger partial charge in [-0.15, -0.1) is 0 Å². The van der Waals surface area contributed by atoms with Gasteiger partial charge >= 0.3 is 0 Å². The fraction of sp³-hybridized carbons (Fsp3) is 1.00. The zero-order valence-corrected chi connectivity index (χ0v) is 7.55. The summed E-state index contributed by atoms with van der Waals surface area (Å²) in [4.78, 5) is 2.07. The Morgan fingerprint density at radius 2 is 2.00 bits per heavy atom. The molecule has 0 amide bonds. The lowest BCUT2D eigenvalue weighted by Gasteiger charge is -2.19. The van der Waals surface area contributed by atoms with Gasteiger partial charge in [-0.25, -0.2) is 0 Å². The van der Waals surface area contributed by atoms with Crippen LogP contribution in [0.15, 0.2) is 0 Å². The fourth-order valence-corrected chi connectivity index (χ4v) is 0.547. The van der Waals surface area contributed by atoms with E-state index >= 15 is 0 Å². The Morgan fingerprint density at radius 1 is 1.40 bits per heavy atom. The van der Waals surface area contributed by atoms with E-state index in [-0.39, 0.29) is 6.23 Å². The Balaban J connectivity index is 3.13. The van der Waals surface area contributed by atoms with Crippen molar-refractivity contribution in [3.05, 3.63) is 0 Å². The summed E-state index contributed by atoms with van der Waals surface area (Å²) in [5.74, 6) is 0. The van der Waals surface area contributed by atoms with Crippen LogP contribution in [-0.2, 0) is 4.74 Å². The molecule has 0 aliphatic heterocycles. The quantitative estimate of drug-likeness (QED) is 0.431. The summed E-state index contributed by atoms with van der Waals surface area (Å²) in [7, 11) is 4.05. The van der Waals surface area contributed by atoms with Gasteiger partial charge in [0.25, 0.3) is 0 Å². The SMILES string of the molecule is CCCCOC(C)N(C)C. The number of hydrogen-bond donors (Lipinski definition) is 0. The molecule has 0 saturated heterocycles. The minimum Gasteiger partial charge on any atom is -0.363 e. The van der Waals surface area contributed by atoms with E-state index in [0.29, 0.717) is 0 Å². The van der Waals surface area contributed by atoms with E-state index in [1.165, 1.54) is 6.42 Å². The van der Waals surface area contributed by atoms with Gasteiger partial charge in [0.05, 0.1) is 0 Å². The van der Waals surface area contributed by atoms with Gasteiger partial charge in [0.2, 0.25) is 0 Å². The third-order valence-electron chi connectivity index (χ3n) is 1.58. The average molecular weight is 145 g/mol. The van der Waals surface area contributed by atoms with Gasteiger partial charge in [-0.1, -0.05) is 13.3 Å². The first-order valence-corrected chi connectivity index (χ1v) is 3.96. The Bertz CT molecular complexity index is 73.7. The number of unbranched alkanes of at least 4 members (excludes halogenated alkanes) is 1. The summed E-state index contributed by atoms with van der Waals surface area (Å²) >= 11 is 0. The highest BCUT2D eigenvalue weighted by atomic mass is 16.5. The lowest BCUT2D eigenvalue weighted by atomic mass is 10.4. The zero-order valence-electron chi connectivity index (χ0n) is 7.55. The molecular weight excluding hydrogens is 126 g/mol. The predicted octanol–water partition coefficient (Wildman–Crippen LogP) is 1.71. The zero-order chi connectivity index (χ0) is 7.98. The van der Waals surface area contributed by atoms with Crippen molar-refractivity contribution < 1.29 is 4.74 Å². The van der Waals surface area contributed by atoms with Gasteiger partial charge in [0.1, 0.15) is 6.23 Å². The molecule has 0 aromatic rings. The van der Waals surface area contributed by atoms with Gasteiger partial charge in [0, 0.05) is 6.61 Å². The molecule has 0 saturated carbocycles. The molecule has 0 fully saturated rings. The van der Waals surface area contributed by atoms with Gasteiger partial charge in [-0.2, -0.15) is 0 Å². The Labute approximate surface area is 64.2 Å². The van der Waals surface area contributed by atoms with Crippen LogP contribution in [0.5, 0.6) is 0 Å². The average Bonchev–Trinajstić information content (AvgIpc) is 1.88. The summed E-state index contributed by atoms with van der Waals surface area (Å²) < 4.78 is 5.47. The van der Waals surface area contributed by atoms with Crippen LogP contribution in [0, 0.1) is 0 Å². The molecule has 10 heavy (non-hydrogen) atoms. The summed E-state index contributed by atoms with van der Waals surface area (Å²) in [5, 5.41) is 0. The number of hydrogen-bond acceptors (Lipinski definition) is 2. The van der Waals surface area contributed by atoms with Crippen molar-refractivity contribution in [1.29, 1.82) is 0 Å². The maximum Gasteiger partial charge on any atom is 0.107 e. The van der Waals surface area contributed by atoms with Crippen molar-refractivity contribution in [2.75, 3.05) is 20.7 Å². The molecule has 0 aromatic carbocycles. The van der Waals surface area contributed by atoms with Gasteiger partial charge in [-0.05, 0) is 27.4 Å². The Morgan fingerprint density at radius 3 is 2.40 bits per heavy atom. The van der Waals surface area contributed by atoms with E-state index in [0.717, 1.165) is 13.0 Å². The second-order valence-electron chi connectivity index (χ2n) is 2.79. The molecule has 0 N–H and O–H groups in total. The van der Waals surface area contributed by atoms with Crippen LogP contribution < -0.4 is 0 Å². The van der Waals surface area contributed by atoms with Gasteiger partial charge in [-0.3, -0.25) is 4.90 Å². The number of ether oxygens (including phenoxy) is 1. The third kappa shape index (κ3) is 4.77. The second-order valence-corrected chi connectivity index (χ2v) is 2.79. The molecule has 0 rings (SSSR count). The number of rotatable bonds is 5. The van der Waals surface area contributed by atoms with E-state index in [2.05, 4.69) is 18.7 Å². The molecule has 2 nitrogen and oxygen atoms in total. The molecule has 0 aliphatic rings. The van der Waals surface area contributed by atoms with Crippen LogP contribution in [-0.4, -0.2) is 31.8 Å². The highest BCUT2D eigenvalue weighted by molar-refractivity contribution is 4.43. The standard InChI is InChI=1S/C8H19NO/c1-5-6-7-10-8(2)9(3)4/h8H,5-7H2,1-4H3. The maximum absolute atomic E-state index is 5.47. The van der Waals surface area contributed by atoms with E-state index < -0.39 is 0 Å². The molecule has 0 aliphatic carbocycles. The van der Waals surface area contributed by atoms with Crippen molar-refractivity contribution >= 4 is 0 Å². The molecule has 0 spiro atoms. The van der Waals surface area contributed by atoms with Gasteiger partial charge in [0.15, 0.2) is 0 Å². The highest BCUT2D eigenvalue weighted by Crippen LogP contribution is 1.96. The largest absolute Gasteiger partial charge is 0.363 e. The first-order valence-electron chi connectivity index (χ1n) is 3.96.